The van der Waals surface area contributed by atoms with Gasteiger partial charge in [0.2, 0.25) is 0 Å². The van der Waals surface area contributed by atoms with Gasteiger partial charge in [-0.1, -0.05) is 53.5 Å². The molecule has 134 valence electrons. The second-order valence-electron chi connectivity index (χ2n) is 5.54. The number of hydrogen-bond acceptors (Lipinski definition) is 3. The second kappa shape index (κ2) is 7.15. The summed E-state index contributed by atoms with van der Waals surface area (Å²) in [5.74, 6) is -1.30. The van der Waals surface area contributed by atoms with Crippen molar-refractivity contribution in [2.24, 2.45) is 0 Å². The van der Waals surface area contributed by atoms with Gasteiger partial charge in [-0.25, -0.2) is 8.42 Å². The highest BCUT2D eigenvalue weighted by atomic mass is 35.5. The van der Waals surface area contributed by atoms with Crippen molar-refractivity contribution in [1.29, 1.82) is 0 Å². The standard InChI is InChI=1S/C18H13Cl2NO4S/c19-14-8-15(20)10-16(9-14)21(11-18(22)23)26(24,25)17-6-5-12-3-1-2-4-13(12)7-17/h1-10H,11H2,(H,22,23). The monoisotopic (exact) mass is 409 g/mol. The average Bonchev–Trinajstić information content (AvgIpc) is 2.58. The SMILES string of the molecule is O=C(O)CN(c1cc(Cl)cc(Cl)c1)S(=O)(=O)c1ccc2ccccc2c1. The Bertz CT molecular complexity index is 1080. The van der Waals surface area contributed by atoms with Crippen LogP contribution in [0.25, 0.3) is 10.8 Å². The van der Waals surface area contributed by atoms with Gasteiger partial charge in [0.25, 0.3) is 10.0 Å². The number of halogens is 2. The van der Waals surface area contributed by atoms with E-state index in [-0.39, 0.29) is 20.6 Å². The molecule has 0 aromatic heterocycles. The fourth-order valence-electron chi connectivity index (χ4n) is 2.58. The summed E-state index contributed by atoms with van der Waals surface area (Å²) < 4.78 is 27.0. The molecule has 26 heavy (non-hydrogen) atoms. The predicted octanol–water partition coefficient (Wildman–Crippen LogP) is 4.43. The van der Waals surface area contributed by atoms with Crippen molar-refractivity contribution < 1.29 is 18.3 Å². The van der Waals surface area contributed by atoms with Crippen LogP contribution >= 0.6 is 23.2 Å². The van der Waals surface area contributed by atoms with Crippen LogP contribution in [-0.4, -0.2) is 26.0 Å². The number of hydrogen-bond donors (Lipinski definition) is 1. The third-order valence-electron chi connectivity index (χ3n) is 3.72. The highest BCUT2D eigenvalue weighted by Crippen LogP contribution is 2.30. The Hall–Kier alpha value is -2.28. The quantitative estimate of drug-likeness (QED) is 0.676. The fourth-order valence-corrected chi connectivity index (χ4v) is 4.52. The van der Waals surface area contributed by atoms with Gasteiger partial charge in [0.05, 0.1) is 10.6 Å². The van der Waals surface area contributed by atoms with Gasteiger partial charge in [0, 0.05) is 10.0 Å². The van der Waals surface area contributed by atoms with Crippen LogP contribution in [-0.2, 0) is 14.8 Å². The highest BCUT2D eigenvalue weighted by molar-refractivity contribution is 7.92. The molecule has 0 bridgehead atoms. The molecule has 1 N–H and O–H groups in total. The zero-order valence-corrected chi connectivity index (χ0v) is 15.6. The van der Waals surface area contributed by atoms with E-state index in [9.17, 15) is 18.3 Å². The smallest absolute Gasteiger partial charge is 0.324 e. The molecule has 0 amide bonds. The number of fused-ring (bicyclic) bond motifs is 1. The molecule has 3 aromatic carbocycles. The lowest BCUT2D eigenvalue weighted by Crippen LogP contribution is -2.35. The van der Waals surface area contributed by atoms with Gasteiger partial charge in [-0.2, -0.15) is 0 Å². The van der Waals surface area contributed by atoms with Crippen LogP contribution in [0, 0.1) is 0 Å². The number of carboxylic acids is 1. The Morgan fingerprint density at radius 2 is 1.54 bits per heavy atom. The summed E-state index contributed by atoms with van der Waals surface area (Å²) in [6, 6.07) is 16.1. The van der Waals surface area contributed by atoms with Crippen molar-refractivity contribution in [2.75, 3.05) is 10.8 Å². The number of carbonyl (C=O) groups is 1. The van der Waals surface area contributed by atoms with Crippen LogP contribution < -0.4 is 4.31 Å². The van der Waals surface area contributed by atoms with Gasteiger partial charge in [-0.05, 0) is 41.1 Å². The van der Waals surface area contributed by atoms with E-state index in [0.29, 0.717) is 0 Å². The van der Waals surface area contributed by atoms with Gasteiger partial charge in [-0.15, -0.1) is 0 Å². The maximum atomic E-state index is 13.1. The Kier molecular flexibility index (Phi) is 5.09. The Morgan fingerprint density at radius 1 is 0.923 bits per heavy atom. The van der Waals surface area contributed by atoms with Crippen molar-refractivity contribution >= 4 is 55.7 Å². The lowest BCUT2D eigenvalue weighted by Gasteiger charge is -2.23. The van der Waals surface area contributed by atoms with E-state index in [4.69, 9.17) is 23.2 Å². The summed E-state index contributed by atoms with van der Waals surface area (Å²) in [5.41, 5.74) is 0.0815. The molecule has 3 rings (SSSR count). The summed E-state index contributed by atoms with van der Waals surface area (Å²) in [4.78, 5) is 11.3. The van der Waals surface area contributed by atoms with Crippen LogP contribution in [0.5, 0.6) is 0 Å². The van der Waals surface area contributed by atoms with Gasteiger partial charge in [-0.3, -0.25) is 9.10 Å². The van der Waals surface area contributed by atoms with E-state index in [1.54, 1.807) is 18.2 Å². The molecule has 3 aromatic rings. The topological polar surface area (TPSA) is 74.7 Å². The van der Waals surface area contributed by atoms with E-state index in [2.05, 4.69) is 0 Å². The maximum absolute atomic E-state index is 13.1. The molecule has 0 heterocycles. The molecule has 0 saturated heterocycles. The number of sulfonamides is 1. The van der Waals surface area contributed by atoms with E-state index < -0.39 is 22.5 Å². The minimum Gasteiger partial charge on any atom is -0.480 e. The molecule has 5 nitrogen and oxygen atoms in total. The normalized spacial score (nSPS) is 11.5. The predicted molar refractivity (Wildman–Crippen MR) is 103 cm³/mol. The largest absolute Gasteiger partial charge is 0.480 e. The van der Waals surface area contributed by atoms with Crippen molar-refractivity contribution in [3.05, 3.63) is 70.7 Å². The number of aliphatic carboxylic acids is 1. The summed E-state index contributed by atoms with van der Waals surface area (Å²) in [5, 5.41) is 11.2. The zero-order valence-electron chi connectivity index (χ0n) is 13.3. The molecule has 0 aliphatic rings. The van der Waals surface area contributed by atoms with Crippen molar-refractivity contribution in [1.82, 2.24) is 0 Å². The molecular weight excluding hydrogens is 397 g/mol. The first-order chi connectivity index (χ1) is 12.3. The van der Waals surface area contributed by atoms with E-state index in [1.807, 2.05) is 12.1 Å². The van der Waals surface area contributed by atoms with Crippen LogP contribution in [0.3, 0.4) is 0 Å². The number of carboxylic acid groups (broad SMARTS) is 1. The minimum atomic E-state index is -4.14. The third kappa shape index (κ3) is 3.77. The zero-order chi connectivity index (χ0) is 18.9. The van der Waals surface area contributed by atoms with Gasteiger partial charge >= 0.3 is 5.97 Å². The first-order valence-corrected chi connectivity index (χ1v) is 9.66. The van der Waals surface area contributed by atoms with Crippen molar-refractivity contribution in [3.8, 4) is 0 Å². The van der Waals surface area contributed by atoms with E-state index in [0.717, 1.165) is 15.1 Å². The number of rotatable bonds is 5. The average molecular weight is 410 g/mol. The lowest BCUT2D eigenvalue weighted by atomic mass is 10.1. The minimum absolute atomic E-state index is 0.0199. The van der Waals surface area contributed by atoms with Crippen molar-refractivity contribution in [3.63, 3.8) is 0 Å². The number of anilines is 1. The number of nitrogens with zero attached hydrogens (tertiary/aromatic N) is 1. The molecule has 0 unspecified atom stereocenters. The molecule has 0 radical (unpaired) electrons. The maximum Gasteiger partial charge on any atom is 0.324 e. The second-order valence-corrected chi connectivity index (χ2v) is 8.28. The molecule has 0 atom stereocenters. The fraction of sp³-hybridized carbons (Fsp3) is 0.0556. The van der Waals surface area contributed by atoms with E-state index in [1.165, 1.54) is 30.3 Å². The van der Waals surface area contributed by atoms with Gasteiger partial charge in [0.15, 0.2) is 0 Å². The first kappa shape index (κ1) is 18.5. The number of benzene rings is 3. The van der Waals surface area contributed by atoms with Crippen LogP contribution in [0.1, 0.15) is 0 Å². The molecule has 8 heteroatoms. The third-order valence-corrected chi connectivity index (χ3v) is 5.93. The molecule has 0 saturated carbocycles. The molecule has 0 aliphatic heterocycles. The highest BCUT2D eigenvalue weighted by Gasteiger charge is 2.27. The summed E-state index contributed by atoms with van der Waals surface area (Å²) in [7, 11) is -4.14. The summed E-state index contributed by atoms with van der Waals surface area (Å²) in [6.07, 6.45) is 0. The van der Waals surface area contributed by atoms with Gasteiger partial charge in [0.1, 0.15) is 6.54 Å². The Labute approximate surface area is 160 Å². The Morgan fingerprint density at radius 3 is 2.15 bits per heavy atom. The molecule has 0 aliphatic carbocycles. The van der Waals surface area contributed by atoms with Crippen LogP contribution in [0.15, 0.2) is 65.6 Å². The summed E-state index contributed by atoms with van der Waals surface area (Å²) in [6.45, 7) is -0.758. The Balaban J connectivity index is 2.15. The van der Waals surface area contributed by atoms with Crippen LogP contribution in [0.2, 0.25) is 10.0 Å². The van der Waals surface area contributed by atoms with E-state index >= 15 is 0 Å². The first-order valence-electron chi connectivity index (χ1n) is 7.47. The van der Waals surface area contributed by atoms with Gasteiger partial charge < -0.3 is 5.11 Å². The van der Waals surface area contributed by atoms with Crippen molar-refractivity contribution in [2.45, 2.75) is 4.90 Å². The lowest BCUT2D eigenvalue weighted by molar-refractivity contribution is -0.135. The molecule has 0 fully saturated rings. The summed E-state index contributed by atoms with van der Waals surface area (Å²) >= 11 is 11.9. The molecular formula is C18H13Cl2NO4S. The van der Waals surface area contributed by atoms with Crippen LogP contribution in [0.4, 0.5) is 5.69 Å². The molecule has 0 spiro atoms.